The lowest BCUT2D eigenvalue weighted by Crippen LogP contribution is -2.15. The van der Waals surface area contributed by atoms with Crippen LogP contribution in [0.2, 0.25) is 0 Å². The molecule has 0 spiro atoms. The van der Waals surface area contributed by atoms with Gasteiger partial charge in [-0.05, 0) is 19.9 Å². The number of phenols is 1. The van der Waals surface area contributed by atoms with E-state index in [-0.39, 0.29) is 5.56 Å². The molecule has 1 aromatic rings. The van der Waals surface area contributed by atoms with Gasteiger partial charge in [-0.3, -0.25) is 0 Å². The molecule has 0 unspecified atom stereocenters. The van der Waals surface area contributed by atoms with E-state index in [9.17, 15) is 14.6 Å². The normalized spacial score (nSPS) is 11.7. The molecule has 0 heterocycles. The summed E-state index contributed by atoms with van der Waals surface area (Å²) in [5, 5.41) is 18.7. The van der Waals surface area contributed by atoms with Crippen molar-refractivity contribution in [3.05, 3.63) is 29.6 Å². The van der Waals surface area contributed by atoms with Crippen molar-refractivity contribution in [2.75, 3.05) is 0 Å². The van der Waals surface area contributed by atoms with Crippen LogP contribution < -0.4 is 0 Å². The maximum atomic E-state index is 12.7. The summed E-state index contributed by atoms with van der Waals surface area (Å²) in [4.78, 5) is 0. The maximum Gasteiger partial charge on any atom is 0.165 e. The molecule has 0 saturated carbocycles. The van der Waals surface area contributed by atoms with E-state index in [1.165, 1.54) is 26.0 Å². The fourth-order valence-electron chi connectivity index (χ4n) is 1.01. The van der Waals surface area contributed by atoms with Crippen LogP contribution in [0.5, 0.6) is 5.75 Å². The minimum Gasteiger partial charge on any atom is -0.505 e. The van der Waals surface area contributed by atoms with Crippen LogP contribution in [0.15, 0.2) is 18.2 Å². The summed E-state index contributed by atoms with van der Waals surface area (Å²) in [5.41, 5.74) is -1.02. The molecule has 66 valence electrons. The molecule has 0 aliphatic carbocycles. The van der Waals surface area contributed by atoms with Gasteiger partial charge in [-0.25, -0.2) is 4.39 Å². The molecule has 3 heteroatoms. The first-order valence-electron chi connectivity index (χ1n) is 3.63. The Hall–Kier alpha value is -1.09. The molecule has 0 bridgehead atoms. The van der Waals surface area contributed by atoms with Crippen molar-refractivity contribution in [3.63, 3.8) is 0 Å². The van der Waals surface area contributed by atoms with Gasteiger partial charge in [-0.2, -0.15) is 0 Å². The molecule has 1 rings (SSSR count). The van der Waals surface area contributed by atoms with Gasteiger partial charge in [0.15, 0.2) is 11.6 Å². The molecule has 0 saturated heterocycles. The van der Waals surface area contributed by atoms with E-state index < -0.39 is 17.2 Å². The Labute approximate surface area is 70.3 Å². The molecule has 0 aromatic heterocycles. The van der Waals surface area contributed by atoms with Gasteiger partial charge in [0.25, 0.3) is 0 Å². The molecular formula is C9H11FO2. The second-order valence-electron chi connectivity index (χ2n) is 3.20. The van der Waals surface area contributed by atoms with Crippen LogP contribution in [0, 0.1) is 5.82 Å². The lowest BCUT2D eigenvalue weighted by atomic mass is 9.97. The van der Waals surface area contributed by atoms with Crippen molar-refractivity contribution in [2.24, 2.45) is 0 Å². The first-order chi connectivity index (χ1) is 5.43. The molecule has 2 N–H and O–H groups in total. The molecule has 0 amide bonds. The second-order valence-corrected chi connectivity index (χ2v) is 3.20. The Morgan fingerprint density at radius 2 is 1.92 bits per heavy atom. The third-order valence-electron chi connectivity index (χ3n) is 1.65. The third-order valence-corrected chi connectivity index (χ3v) is 1.65. The Morgan fingerprint density at radius 3 is 2.33 bits per heavy atom. The topological polar surface area (TPSA) is 40.5 Å². The van der Waals surface area contributed by atoms with Gasteiger partial charge in [-0.1, -0.05) is 12.1 Å². The molecular weight excluding hydrogens is 159 g/mol. The number of aliphatic hydroxyl groups is 1. The number of rotatable bonds is 1. The lowest BCUT2D eigenvalue weighted by molar-refractivity contribution is 0.0751. The summed E-state index contributed by atoms with van der Waals surface area (Å²) < 4.78 is 12.7. The molecule has 2 nitrogen and oxygen atoms in total. The van der Waals surface area contributed by atoms with E-state index in [4.69, 9.17) is 0 Å². The van der Waals surface area contributed by atoms with Gasteiger partial charge in [0.1, 0.15) is 0 Å². The molecule has 0 atom stereocenters. The minimum absolute atomic E-state index is 0.197. The third kappa shape index (κ3) is 1.56. The number of para-hydroxylation sites is 1. The van der Waals surface area contributed by atoms with E-state index in [1.807, 2.05) is 0 Å². The summed E-state index contributed by atoms with van der Waals surface area (Å²) in [6.07, 6.45) is 0. The van der Waals surface area contributed by atoms with Crippen LogP contribution in [0.25, 0.3) is 0 Å². The monoisotopic (exact) mass is 170 g/mol. The van der Waals surface area contributed by atoms with Gasteiger partial charge in [0.05, 0.1) is 5.60 Å². The maximum absolute atomic E-state index is 12.7. The average Bonchev–Trinajstić information content (AvgIpc) is 1.92. The zero-order valence-corrected chi connectivity index (χ0v) is 7.00. The predicted octanol–water partition coefficient (Wildman–Crippen LogP) is 1.76. The van der Waals surface area contributed by atoms with E-state index >= 15 is 0 Å². The van der Waals surface area contributed by atoms with Gasteiger partial charge >= 0.3 is 0 Å². The number of benzene rings is 1. The lowest BCUT2D eigenvalue weighted by Gasteiger charge is -2.18. The summed E-state index contributed by atoms with van der Waals surface area (Å²) in [6.45, 7) is 2.98. The standard InChI is InChI=1S/C9H11FO2/c1-9(2,12)6-4-3-5-7(10)8(6)11/h3-5,11-12H,1-2H3. The van der Waals surface area contributed by atoms with Crippen LogP contribution in [0.1, 0.15) is 19.4 Å². The quantitative estimate of drug-likeness (QED) is 0.674. The number of hydrogen-bond donors (Lipinski definition) is 2. The van der Waals surface area contributed by atoms with Crippen LogP contribution in [-0.2, 0) is 5.60 Å². The van der Waals surface area contributed by atoms with E-state index in [0.717, 1.165) is 6.07 Å². The summed E-state index contributed by atoms with van der Waals surface area (Å²) in [7, 11) is 0. The zero-order chi connectivity index (χ0) is 9.35. The van der Waals surface area contributed by atoms with Crippen LogP contribution in [0.4, 0.5) is 4.39 Å². The van der Waals surface area contributed by atoms with E-state index in [2.05, 4.69) is 0 Å². The highest BCUT2D eigenvalue weighted by atomic mass is 19.1. The Kier molecular flexibility index (Phi) is 2.06. The van der Waals surface area contributed by atoms with Gasteiger partial charge in [0, 0.05) is 5.56 Å². The van der Waals surface area contributed by atoms with Gasteiger partial charge in [0.2, 0.25) is 0 Å². The first kappa shape index (κ1) is 9.00. The highest BCUT2D eigenvalue weighted by Crippen LogP contribution is 2.30. The van der Waals surface area contributed by atoms with Crippen LogP contribution in [0.3, 0.4) is 0 Å². The van der Waals surface area contributed by atoms with Crippen LogP contribution >= 0.6 is 0 Å². The summed E-state index contributed by atoms with van der Waals surface area (Å²) in [5.74, 6) is -1.19. The fraction of sp³-hybridized carbons (Fsp3) is 0.333. The Balaban J connectivity index is 3.26. The smallest absolute Gasteiger partial charge is 0.165 e. The van der Waals surface area contributed by atoms with Crippen molar-refractivity contribution in [1.82, 2.24) is 0 Å². The fourth-order valence-corrected chi connectivity index (χ4v) is 1.01. The number of phenolic OH excluding ortho intramolecular Hbond substituents is 1. The first-order valence-corrected chi connectivity index (χ1v) is 3.63. The molecule has 0 aliphatic rings. The SMILES string of the molecule is CC(C)(O)c1cccc(F)c1O. The van der Waals surface area contributed by atoms with Crippen molar-refractivity contribution in [1.29, 1.82) is 0 Å². The Morgan fingerprint density at radius 1 is 1.33 bits per heavy atom. The van der Waals surface area contributed by atoms with Crippen molar-refractivity contribution in [2.45, 2.75) is 19.4 Å². The molecule has 0 fully saturated rings. The highest BCUT2D eigenvalue weighted by Gasteiger charge is 2.21. The van der Waals surface area contributed by atoms with E-state index in [1.54, 1.807) is 0 Å². The van der Waals surface area contributed by atoms with Crippen molar-refractivity contribution < 1.29 is 14.6 Å². The largest absolute Gasteiger partial charge is 0.505 e. The van der Waals surface area contributed by atoms with Crippen LogP contribution in [-0.4, -0.2) is 10.2 Å². The Bertz CT molecular complexity index is 289. The molecule has 12 heavy (non-hydrogen) atoms. The van der Waals surface area contributed by atoms with Gasteiger partial charge < -0.3 is 10.2 Å². The summed E-state index contributed by atoms with van der Waals surface area (Å²) >= 11 is 0. The predicted molar refractivity (Wildman–Crippen MR) is 43.3 cm³/mol. The number of hydrogen-bond acceptors (Lipinski definition) is 2. The van der Waals surface area contributed by atoms with E-state index in [0.29, 0.717) is 0 Å². The molecule has 1 aromatic carbocycles. The second kappa shape index (κ2) is 2.75. The number of halogens is 1. The summed E-state index contributed by atoms with van der Waals surface area (Å²) in [6, 6.07) is 4.07. The molecule has 0 radical (unpaired) electrons. The average molecular weight is 170 g/mol. The van der Waals surface area contributed by atoms with Gasteiger partial charge in [-0.15, -0.1) is 0 Å². The van der Waals surface area contributed by atoms with Crippen molar-refractivity contribution >= 4 is 0 Å². The molecule has 0 aliphatic heterocycles. The van der Waals surface area contributed by atoms with Crippen molar-refractivity contribution in [3.8, 4) is 5.75 Å². The number of aromatic hydroxyl groups is 1. The zero-order valence-electron chi connectivity index (χ0n) is 7.00. The minimum atomic E-state index is -1.22. The highest BCUT2D eigenvalue weighted by molar-refractivity contribution is 5.37.